The van der Waals surface area contributed by atoms with Crippen molar-refractivity contribution in [2.24, 2.45) is 0 Å². The minimum Gasteiger partial charge on any atom is -0.369 e. The van der Waals surface area contributed by atoms with E-state index in [4.69, 9.17) is 12.2 Å². The average molecular weight is 314 g/mol. The van der Waals surface area contributed by atoms with E-state index < -0.39 is 0 Å². The number of hydrogen-bond donors (Lipinski definition) is 2. The Morgan fingerprint density at radius 3 is 3.06 bits per heavy atom. The molecule has 0 atom stereocenters. The molecule has 1 aliphatic rings. The number of thiophene rings is 1. The van der Waals surface area contributed by atoms with Crippen molar-refractivity contribution in [2.75, 3.05) is 11.9 Å². The summed E-state index contributed by atoms with van der Waals surface area (Å²) < 4.78 is 1.66. The van der Waals surface area contributed by atoms with Gasteiger partial charge in [-0.05, 0) is 46.7 Å². The molecule has 0 saturated heterocycles. The van der Waals surface area contributed by atoms with Crippen molar-refractivity contribution in [1.29, 1.82) is 0 Å². The van der Waals surface area contributed by atoms with Gasteiger partial charge in [0.25, 0.3) is 0 Å². The van der Waals surface area contributed by atoms with E-state index in [1.54, 1.807) is 11.3 Å². The fourth-order valence-electron chi connectivity index (χ4n) is 1.85. The van der Waals surface area contributed by atoms with Crippen LogP contribution < -0.4 is 5.32 Å². The van der Waals surface area contributed by atoms with Gasteiger partial charge in [0.1, 0.15) is 5.82 Å². The number of nitrogens with zero attached hydrogens (tertiary/aromatic N) is 1. The molecule has 2 N–H and O–H groups in total. The van der Waals surface area contributed by atoms with E-state index in [-0.39, 0.29) is 0 Å². The number of nitrogens with one attached hydrogen (secondary N) is 2. The zero-order chi connectivity index (χ0) is 11.1. The first kappa shape index (κ1) is 10.4. The van der Waals surface area contributed by atoms with Crippen molar-refractivity contribution in [1.82, 2.24) is 9.97 Å². The summed E-state index contributed by atoms with van der Waals surface area (Å²) in [5, 5.41) is 3.25. The average Bonchev–Trinajstić information content (AvgIpc) is 2.84. The molecule has 3 nitrogen and oxygen atoms in total. The lowest BCUT2D eigenvalue weighted by molar-refractivity contribution is 1.09. The number of rotatable bonds is 1. The Bertz CT molecular complexity index is 602. The number of aromatic nitrogens is 2. The highest BCUT2D eigenvalue weighted by molar-refractivity contribution is 9.11. The van der Waals surface area contributed by atoms with E-state index in [9.17, 15) is 0 Å². The highest BCUT2D eigenvalue weighted by Gasteiger charge is 2.18. The normalized spacial score (nSPS) is 13.6. The van der Waals surface area contributed by atoms with Crippen molar-refractivity contribution in [3.63, 3.8) is 0 Å². The molecule has 0 aromatic carbocycles. The van der Waals surface area contributed by atoms with Gasteiger partial charge in [-0.2, -0.15) is 0 Å². The quantitative estimate of drug-likeness (QED) is 0.790. The smallest absolute Gasteiger partial charge is 0.199 e. The highest BCUT2D eigenvalue weighted by atomic mass is 79.9. The number of hydrogen-bond acceptors (Lipinski definition) is 4. The van der Waals surface area contributed by atoms with Crippen LogP contribution in [0.2, 0.25) is 0 Å². The van der Waals surface area contributed by atoms with Gasteiger partial charge in [0.05, 0.1) is 14.4 Å². The lowest BCUT2D eigenvalue weighted by Crippen LogP contribution is -1.95. The predicted octanol–water partition coefficient (Wildman–Crippen LogP) is 3.60. The van der Waals surface area contributed by atoms with Crippen molar-refractivity contribution in [2.45, 2.75) is 6.42 Å². The molecule has 0 amide bonds. The van der Waals surface area contributed by atoms with Gasteiger partial charge in [-0.1, -0.05) is 0 Å². The van der Waals surface area contributed by atoms with Gasteiger partial charge in [0.15, 0.2) is 4.77 Å². The Morgan fingerprint density at radius 1 is 1.44 bits per heavy atom. The molecule has 0 aliphatic carbocycles. The Labute approximate surface area is 110 Å². The summed E-state index contributed by atoms with van der Waals surface area (Å²) in [6.07, 6.45) is 0.999. The van der Waals surface area contributed by atoms with E-state index >= 15 is 0 Å². The minimum absolute atomic E-state index is 0.535. The number of halogens is 1. The molecule has 3 rings (SSSR count). The maximum atomic E-state index is 5.13. The molecule has 2 aromatic heterocycles. The molecule has 0 bridgehead atoms. The van der Waals surface area contributed by atoms with E-state index in [1.165, 1.54) is 10.4 Å². The summed E-state index contributed by atoms with van der Waals surface area (Å²) >= 11 is 10.3. The molecular weight excluding hydrogens is 306 g/mol. The van der Waals surface area contributed by atoms with Crippen LogP contribution in [0.5, 0.6) is 0 Å². The van der Waals surface area contributed by atoms with Gasteiger partial charge < -0.3 is 10.3 Å². The Balaban J connectivity index is 2.24. The molecule has 82 valence electrons. The Hall–Kier alpha value is -0.720. The van der Waals surface area contributed by atoms with Gasteiger partial charge in [0, 0.05) is 12.1 Å². The summed E-state index contributed by atoms with van der Waals surface area (Å²) in [6.45, 7) is 0.939. The van der Waals surface area contributed by atoms with Gasteiger partial charge in [-0.3, -0.25) is 0 Å². The molecular formula is C10H8BrN3S2. The second kappa shape index (κ2) is 3.94. The summed E-state index contributed by atoms with van der Waals surface area (Å²) in [4.78, 5) is 8.67. The van der Waals surface area contributed by atoms with Crippen LogP contribution in [0.3, 0.4) is 0 Å². The van der Waals surface area contributed by atoms with Crippen molar-refractivity contribution in [3.05, 3.63) is 26.3 Å². The van der Waals surface area contributed by atoms with Gasteiger partial charge in [0.2, 0.25) is 0 Å². The van der Waals surface area contributed by atoms with Gasteiger partial charge in [-0.15, -0.1) is 11.3 Å². The van der Waals surface area contributed by atoms with Crippen LogP contribution in [0.1, 0.15) is 5.56 Å². The van der Waals surface area contributed by atoms with Crippen LogP contribution in [0.15, 0.2) is 15.9 Å². The first-order valence-corrected chi connectivity index (χ1v) is 6.88. The largest absolute Gasteiger partial charge is 0.369 e. The lowest BCUT2D eigenvalue weighted by atomic mass is 10.1. The molecule has 0 unspecified atom stereocenters. The molecule has 1 aliphatic heterocycles. The molecule has 16 heavy (non-hydrogen) atoms. The van der Waals surface area contributed by atoms with Crippen LogP contribution in [0, 0.1) is 4.77 Å². The monoisotopic (exact) mass is 313 g/mol. The summed E-state index contributed by atoms with van der Waals surface area (Å²) in [5.74, 6) is 0.934. The summed E-state index contributed by atoms with van der Waals surface area (Å²) in [5.41, 5.74) is 2.35. The standard InChI is InChI=1S/C10H8BrN3S2/c11-7-2-1-6(16-7)8-5-3-4-12-9(5)14-10(15)13-8/h1-2H,3-4H2,(H2,12,13,14,15). The number of anilines is 1. The molecule has 2 aromatic rings. The minimum atomic E-state index is 0.535. The van der Waals surface area contributed by atoms with Crippen molar-refractivity contribution < 1.29 is 0 Å². The van der Waals surface area contributed by atoms with Crippen molar-refractivity contribution in [3.8, 4) is 10.6 Å². The Morgan fingerprint density at radius 2 is 2.31 bits per heavy atom. The molecule has 0 radical (unpaired) electrons. The van der Waals surface area contributed by atoms with Gasteiger partial charge >= 0.3 is 0 Å². The van der Waals surface area contributed by atoms with E-state index in [2.05, 4.69) is 37.3 Å². The highest BCUT2D eigenvalue weighted by Crippen LogP contribution is 2.35. The zero-order valence-corrected chi connectivity index (χ0v) is 11.4. The predicted molar refractivity (Wildman–Crippen MR) is 72.6 cm³/mol. The van der Waals surface area contributed by atoms with Crippen molar-refractivity contribution >= 4 is 45.3 Å². The maximum absolute atomic E-state index is 5.13. The number of fused-ring (bicyclic) bond motifs is 1. The number of aromatic amines is 1. The van der Waals surface area contributed by atoms with Crippen LogP contribution in [0.4, 0.5) is 5.82 Å². The molecule has 0 fully saturated rings. The third-order valence-corrected chi connectivity index (χ3v) is 4.35. The fourth-order valence-corrected chi connectivity index (χ4v) is 3.46. The first-order valence-electron chi connectivity index (χ1n) is 4.87. The molecule has 3 heterocycles. The zero-order valence-electron chi connectivity index (χ0n) is 8.21. The third-order valence-electron chi connectivity index (χ3n) is 2.52. The summed E-state index contributed by atoms with van der Waals surface area (Å²) in [7, 11) is 0. The van der Waals surface area contributed by atoms with Crippen LogP contribution in [-0.4, -0.2) is 16.5 Å². The SMILES string of the molecule is S=c1nc2c(c(-c3ccc(Br)s3)[nH]1)CCN2. The Kier molecular flexibility index (Phi) is 2.57. The fraction of sp³-hybridized carbons (Fsp3) is 0.200. The van der Waals surface area contributed by atoms with Gasteiger partial charge in [-0.25, -0.2) is 4.98 Å². The number of H-pyrrole nitrogens is 1. The first-order chi connectivity index (χ1) is 7.74. The second-order valence-electron chi connectivity index (χ2n) is 3.52. The molecule has 6 heteroatoms. The van der Waals surface area contributed by atoms with Crippen LogP contribution in [0.25, 0.3) is 10.6 Å². The van der Waals surface area contributed by atoms with E-state index in [1.807, 2.05) is 6.07 Å². The van der Waals surface area contributed by atoms with E-state index in [0.717, 1.165) is 28.3 Å². The molecule has 0 spiro atoms. The molecule has 0 saturated carbocycles. The lowest BCUT2D eigenvalue weighted by Gasteiger charge is -2.04. The maximum Gasteiger partial charge on any atom is 0.199 e. The van der Waals surface area contributed by atoms with Crippen LogP contribution in [-0.2, 0) is 6.42 Å². The topological polar surface area (TPSA) is 40.7 Å². The summed E-state index contributed by atoms with van der Waals surface area (Å²) in [6, 6.07) is 4.14. The third kappa shape index (κ3) is 1.70. The second-order valence-corrected chi connectivity index (χ2v) is 6.37. The van der Waals surface area contributed by atoms with E-state index in [0.29, 0.717) is 4.77 Å². The van der Waals surface area contributed by atoms with Crippen LogP contribution >= 0.6 is 39.5 Å².